The van der Waals surface area contributed by atoms with Crippen LogP contribution < -0.4 is 15.2 Å². The Morgan fingerprint density at radius 1 is 1.38 bits per heavy atom. The molecular weight excluding hydrogens is 190 g/mol. The lowest BCUT2D eigenvalue weighted by molar-refractivity contribution is 0.490. The van der Waals surface area contributed by atoms with Crippen LogP contribution in [0, 0.1) is 0 Å². The van der Waals surface area contributed by atoms with E-state index < -0.39 is 15.7 Å². The van der Waals surface area contributed by atoms with E-state index in [-0.39, 0.29) is 12.6 Å². The molecule has 6 heteroatoms. The van der Waals surface area contributed by atoms with E-state index in [4.69, 9.17) is 5.73 Å². The van der Waals surface area contributed by atoms with Gasteiger partial charge in [-0.15, -0.1) is 0 Å². The molecule has 0 saturated carbocycles. The maximum absolute atomic E-state index is 11.2. The molecular formula is C7H19N3O2S. The van der Waals surface area contributed by atoms with Crippen molar-refractivity contribution >= 4 is 10.2 Å². The van der Waals surface area contributed by atoms with Gasteiger partial charge in [0.15, 0.2) is 0 Å². The van der Waals surface area contributed by atoms with E-state index in [1.54, 1.807) is 27.7 Å². The molecule has 0 rings (SSSR count). The first-order chi connectivity index (χ1) is 5.62. The Kier molecular flexibility index (Phi) is 4.31. The lowest BCUT2D eigenvalue weighted by Gasteiger charge is -2.19. The predicted molar refractivity (Wildman–Crippen MR) is 53.5 cm³/mol. The van der Waals surface area contributed by atoms with Crippen molar-refractivity contribution in [3.05, 3.63) is 0 Å². The summed E-state index contributed by atoms with van der Waals surface area (Å²) in [6, 6.07) is -0.113. The van der Waals surface area contributed by atoms with Crippen molar-refractivity contribution in [1.29, 1.82) is 0 Å². The predicted octanol–water partition coefficient (Wildman–Crippen LogP) is -0.444. The number of hydrogen-bond donors (Lipinski definition) is 3. The minimum atomic E-state index is -3.39. The highest BCUT2D eigenvalue weighted by Crippen LogP contribution is 1.94. The molecule has 0 radical (unpaired) electrons. The van der Waals surface area contributed by atoms with Crippen molar-refractivity contribution in [3.8, 4) is 0 Å². The number of hydrogen-bond acceptors (Lipinski definition) is 3. The van der Waals surface area contributed by atoms with E-state index in [0.29, 0.717) is 0 Å². The topological polar surface area (TPSA) is 84.2 Å². The Morgan fingerprint density at radius 3 is 2.15 bits per heavy atom. The third-order valence-corrected chi connectivity index (χ3v) is 2.41. The molecule has 0 heterocycles. The third-order valence-electron chi connectivity index (χ3n) is 1.11. The highest BCUT2D eigenvalue weighted by atomic mass is 32.2. The molecule has 0 aliphatic rings. The molecule has 0 fully saturated rings. The van der Waals surface area contributed by atoms with Crippen LogP contribution in [-0.4, -0.2) is 26.5 Å². The molecule has 0 unspecified atom stereocenters. The van der Waals surface area contributed by atoms with E-state index >= 15 is 0 Å². The third kappa shape index (κ3) is 8.17. The summed E-state index contributed by atoms with van der Waals surface area (Å²) in [5, 5.41) is 0. The van der Waals surface area contributed by atoms with Gasteiger partial charge in [-0.3, -0.25) is 0 Å². The summed E-state index contributed by atoms with van der Waals surface area (Å²) in [4.78, 5) is 0. The highest BCUT2D eigenvalue weighted by molar-refractivity contribution is 7.87. The lowest BCUT2D eigenvalue weighted by atomic mass is 10.1. The average Bonchev–Trinajstić information content (AvgIpc) is 1.79. The zero-order valence-electron chi connectivity index (χ0n) is 8.59. The standard InChI is InChI=1S/C7H19N3O2S/c1-6(2)10-13(11,12)9-5-7(3,4)8/h6,9-10H,5,8H2,1-4H3. The van der Waals surface area contributed by atoms with Gasteiger partial charge in [0.05, 0.1) is 0 Å². The molecule has 80 valence electrons. The van der Waals surface area contributed by atoms with Crippen LogP contribution in [0.25, 0.3) is 0 Å². The van der Waals surface area contributed by atoms with Crippen LogP contribution in [0.2, 0.25) is 0 Å². The summed E-state index contributed by atoms with van der Waals surface area (Å²) in [6.45, 7) is 7.24. The van der Waals surface area contributed by atoms with Gasteiger partial charge >= 0.3 is 0 Å². The first kappa shape index (κ1) is 12.8. The van der Waals surface area contributed by atoms with Gasteiger partial charge in [-0.2, -0.15) is 13.1 Å². The van der Waals surface area contributed by atoms with Crippen molar-refractivity contribution in [2.75, 3.05) is 6.54 Å². The molecule has 0 aromatic carbocycles. The highest BCUT2D eigenvalue weighted by Gasteiger charge is 2.16. The van der Waals surface area contributed by atoms with Gasteiger partial charge in [0.1, 0.15) is 0 Å². The maximum atomic E-state index is 11.2. The van der Waals surface area contributed by atoms with Crippen LogP contribution in [0.1, 0.15) is 27.7 Å². The number of nitrogens with one attached hydrogen (secondary N) is 2. The molecule has 0 amide bonds. The Hall–Kier alpha value is -0.170. The van der Waals surface area contributed by atoms with Crippen molar-refractivity contribution in [2.45, 2.75) is 39.3 Å². The summed E-state index contributed by atoms with van der Waals surface area (Å²) >= 11 is 0. The Balaban J connectivity index is 4.06. The van der Waals surface area contributed by atoms with Gasteiger partial charge in [-0.05, 0) is 27.7 Å². The number of nitrogens with two attached hydrogens (primary N) is 1. The van der Waals surface area contributed by atoms with Crippen LogP contribution in [0.3, 0.4) is 0 Å². The van der Waals surface area contributed by atoms with Crippen molar-refractivity contribution in [1.82, 2.24) is 9.44 Å². The fraction of sp³-hybridized carbons (Fsp3) is 1.00. The van der Waals surface area contributed by atoms with Crippen LogP contribution in [0.5, 0.6) is 0 Å². The summed E-state index contributed by atoms with van der Waals surface area (Å²) in [6.07, 6.45) is 0. The van der Waals surface area contributed by atoms with E-state index in [1.807, 2.05) is 0 Å². The first-order valence-electron chi connectivity index (χ1n) is 4.18. The van der Waals surface area contributed by atoms with E-state index in [9.17, 15) is 8.42 Å². The zero-order chi connectivity index (χ0) is 10.7. The molecule has 0 aliphatic carbocycles. The van der Waals surface area contributed by atoms with Gasteiger partial charge in [0, 0.05) is 18.1 Å². The fourth-order valence-corrected chi connectivity index (χ4v) is 1.90. The molecule has 0 aliphatic heterocycles. The maximum Gasteiger partial charge on any atom is 0.277 e. The first-order valence-corrected chi connectivity index (χ1v) is 5.66. The average molecular weight is 209 g/mol. The normalized spacial score (nSPS) is 13.7. The van der Waals surface area contributed by atoms with Crippen molar-refractivity contribution in [2.24, 2.45) is 5.73 Å². The van der Waals surface area contributed by atoms with Gasteiger partial charge in [0.2, 0.25) is 0 Å². The molecule has 5 nitrogen and oxygen atoms in total. The van der Waals surface area contributed by atoms with E-state index in [0.717, 1.165) is 0 Å². The Morgan fingerprint density at radius 2 is 1.85 bits per heavy atom. The second kappa shape index (κ2) is 4.36. The summed E-state index contributed by atoms with van der Waals surface area (Å²) in [5.41, 5.74) is 5.08. The SMILES string of the molecule is CC(C)NS(=O)(=O)NCC(C)(C)N. The molecule has 0 bridgehead atoms. The van der Waals surface area contributed by atoms with Crippen LogP contribution in [0.4, 0.5) is 0 Å². The number of rotatable bonds is 5. The summed E-state index contributed by atoms with van der Waals surface area (Å²) < 4.78 is 27.2. The molecule has 0 aromatic heterocycles. The largest absolute Gasteiger partial charge is 0.324 e. The zero-order valence-corrected chi connectivity index (χ0v) is 9.40. The monoisotopic (exact) mass is 209 g/mol. The molecule has 0 saturated heterocycles. The van der Waals surface area contributed by atoms with Crippen LogP contribution in [0.15, 0.2) is 0 Å². The summed E-state index contributed by atoms with van der Waals surface area (Å²) in [5.74, 6) is 0. The Bertz CT molecular complexity index is 241. The smallest absolute Gasteiger partial charge is 0.277 e. The Labute approximate surface area is 80.3 Å². The second-order valence-corrected chi connectivity index (χ2v) is 5.62. The molecule has 0 atom stereocenters. The fourth-order valence-electron chi connectivity index (χ4n) is 0.633. The molecule has 13 heavy (non-hydrogen) atoms. The quantitative estimate of drug-likeness (QED) is 0.573. The van der Waals surface area contributed by atoms with E-state index in [2.05, 4.69) is 9.44 Å². The molecule has 0 spiro atoms. The van der Waals surface area contributed by atoms with Crippen LogP contribution >= 0.6 is 0 Å². The second-order valence-electron chi connectivity index (χ2n) is 4.09. The van der Waals surface area contributed by atoms with Gasteiger partial charge < -0.3 is 5.73 Å². The summed E-state index contributed by atoms with van der Waals surface area (Å²) in [7, 11) is -3.39. The molecule has 4 N–H and O–H groups in total. The van der Waals surface area contributed by atoms with Gasteiger partial charge in [-0.1, -0.05) is 0 Å². The van der Waals surface area contributed by atoms with Crippen molar-refractivity contribution < 1.29 is 8.42 Å². The van der Waals surface area contributed by atoms with Gasteiger partial charge in [-0.25, -0.2) is 4.72 Å². The van der Waals surface area contributed by atoms with Gasteiger partial charge in [0.25, 0.3) is 10.2 Å². The van der Waals surface area contributed by atoms with Crippen LogP contribution in [-0.2, 0) is 10.2 Å². The van der Waals surface area contributed by atoms with E-state index in [1.165, 1.54) is 0 Å². The van der Waals surface area contributed by atoms with Crippen molar-refractivity contribution in [3.63, 3.8) is 0 Å². The lowest BCUT2D eigenvalue weighted by Crippen LogP contribution is -2.49. The minimum Gasteiger partial charge on any atom is -0.324 e. The molecule has 0 aromatic rings. The minimum absolute atomic E-state index is 0.113.